The molecule has 0 saturated carbocycles. The summed E-state index contributed by atoms with van der Waals surface area (Å²) in [6, 6.07) is 6.40. The van der Waals surface area contributed by atoms with Crippen LogP contribution in [0.25, 0.3) is 10.9 Å². The van der Waals surface area contributed by atoms with Crippen LogP contribution in [0, 0.1) is 6.92 Å². The Labute approximate surface area is 184 Å². The van der Waals surface area contributed by atoms with Gasteiger partial charge in [-0.2, -0.15) is 0 Å². The molecule has 6 heteroatoms. The Bertz CT molecular complexity index is 1100. The SMILES string of the molecule is Cc1ccc2c3c(n(C)c2c1)C(CCCN)N1C(=O)C2(C)CCCN2C(=O)C1(C)C3C. The van der Waals surface area contributed by atoms with E-state index < -0.39 is 11.1 Å². The van der Waals surface area contributed by atoms with Gasteiger partial charge in [-0.15, -0.1) is 0 Å². The maximum absolute atomic E-state index is 14.1. The van der Waals surface area contributed by atoms with Crippen molar-refractivity contribution in [3.63, 3.8) is 0 Å². The summed E-state index contributed by atoms with van der Waals surface area (Å²) in [7, 11) is 2.10. The van der Waals surface area contributed by atoms with Crippen molar-refractivity contribution in [1.82, 2.24) is 14.4 Å². The molecule has 1 aromatic carbocycles. The third kappa shape index (κ3) is 2.37. The molecule has 2 N–H and O–H groups in total. The van der Waals surface area contributed by atoms with Gasteiger partial charge in [0, 0.05) is 36.1 Å². The van der Waals surface area contributed by atoms with Crippen molar-refractivity contribution in [2.24, 2.45) is 12.8 Å². The van der Waals surface area contributed by atoms with Crippen LogP contribution in [0.3, 0.4) is 0 Å². The topological polar surface area (TPSA) is 71.6 Å². The first kappa shape index (κ1) is 20.6. The molecule has 0 bridgehead atoms. The number of hydrogen-bond acceptors (Lipinski definition) is 3. The Balaban J connectivity index is 1.81. The summed E-state index contributed by atoms with van der Waals surface area (Å²) in [5.41, 5.74) is 9.09. The van der Waals surface area contributed by atoms with Crippen molar-refractivity contribution in [1.29, 1.82) is 0 Å². The lowest BCUT2D eigenvalue weighted by atomic mass is 9.69. The standard InChI is InChI=1S/C25H34N4O2/c1-15-9-10-17-19(14-15)27(5)21-18(8-6-12-26)29-22(30)24(3)11-7-13-28(24)23(31)25(29,4)16(2)20(17)21/h9-10,14,16,18H,6-8,11-13,26H2,1-5H3. The Morgan fingerprint density at radius 2 is 1.94 bits per heavy atom. The number of nitrogens with zero attached hydrogens (tertiary/aromatic N) is 3. The van der Waals surface area contributed by atoms with E-state index in [-0.39, 0.29) is 23.8 Å². The van der Waals surface area contributed by atoms with Gasteiger partial charge < -0.3 is 20.1 Å². The monoisotopic (exact) mass is 422 g/mol. The van der Waals surface area contributed by atoms with Gasteiger partial charge in [0.15, 0.2) is 0 Å². The summed E-state index contributed by atoms with van der Waals surface area (Å²) >= 11 is 0. The minimum absolute atomic E-state index is 0.0929. The molecule has 2 aromatic rings. The Morgan fingerprint density at radius 1 is 1.19 bits per heavy atom. The van der Waals surface area contributed by atoms with Crippen LogP contribution < -0.4 is 5.73 Å². The largest absolute Gasteiger partial charge is 0.346 e. The van der Waals surface area contributed by atoms with E-state index >= 15 is 0 Å². The van der Waals surface area contributed by atoms with E-state index in [2.05, 4.69) is 43.7 Å². The molecular weight excluding hydrogens is 388 g/mol. The molecule has 4 unspecified atom stereocenters. The second kappa shape index (κ2) is 6.58. The van der Waals surface area contributed by atoms with Crippen LogP contribution in [0.5, 0.6) is 0 Å². The highest BCUT2D eigenvalue weighted by Gasteiger charge is 2.66. The summed E-state index contributed by atoms with van der Waals surface area (Å²) in [5, 5.41) is 1.20. The first-order valence-corrected chi connectivity index (χ1v) is 11.6. The number of aromatic nitrogens is 1. The molecule has 4 heterocycles. The van der Waals surface area contributed by atoms with Crippen molar-refractivity contribution in [2.75, 3.05) is 13.1 Å². The van der Waals surface area contributed by atoms with Crippen LogP contribution >= 0.6 is 0 Å². The minimum atomic E-state index is -0.883. The summed E-state index contributed by atoms with van der Waals surface area (Å²) in [6.07, 6.45) is 3.20. The molecule has 2 saturated heterocycles. The highest BCUT2D eigenvalue weighted by Crippen LogP contribution is 2.56. The first-order chi connectivity index (χ1) is 14.7. The quantitative estimate of drug-likeness (QED) is 0.824. The van der Waals surface area contributed by atoms with Gasteiger partial charge in [-0.05, 0) is 70.2 Å². The highest BCUT2D eigenvalue weighted by molar-refractivity contribution is 6.04. The van der Waals surface area contributed by atoms with Crippen LogP contribution in [0.1, 0.15) is 75.2 Å². The van der Waals surface area contributed by atoms with Crippen molar-refractivity contribution >= 4 is 22.7 Å². The number of piperazine rings is 1. The van der Waals surface area contributed by atoms with E-state index in [0.29, 0.717) is 13.1 Å². The van der Waals surface area contributed by atoms with Gasteiger partial charge in [0.2, 0.25) is 11.8 Å². The average molecular weight is 423 g/mol. The fraction of sp³-hybridized carbons (Fsp3) is 0.600. The lowest BCUT2D eigenvalue weighted by Gasteiger charge is -2.60. The molecular formula is C25H34N4O2. The van der Waals surface area contributed by atoms with Gasteiger partial charge >= 0.3 is 0 Å². The number of amides is 2. The van der Waals surface area contributed by atoms with Crippen LogP contribution in [0.4, 0.5) is 0 Å². The molecule has 0 radical (unpaired) electrons. The summed E-state index contributed by atoms with van der Waals surface area (Å²) < 4.78 is 2.26. The number of carbonyl (C=O) groups excluding carboxylic acids is 2. The molecule has 3 aliphatic heterocycles. The van der Waals surface area contributed by atoms with E-state index in [1.54, 1.807) is 0 Å². The minimum Gasteiger partial charge on any atom is -0.346 e. The fourth-order valence-electron chi connectivity index (χ4n) is 6.65. The molecule has 1 aromatic heterocycles. The second-order valence-electron chi connectivity index (χ2n) is 10.2. The number of hydrogen-bond donors (Lipinski definition) is 1. The number of fused-ring (bicyclic) bond motifs is 5. The fourth-order valence-corrected chi connectivity index (χ4v) is 6.65. The van der Waals surface area contributed by atoms with Crippen molar-refractivity contribution < 1.29 is 9.59 Å². The molecule has 2 amide bonds. The number of rotatable bonds is 3. The zero-order chi connectivity index (χ0) is 22.3. The van der Waals surface area contributed by atoms with E-state index in [9.17, 15) is 9.59 Å². The summed E-state index contributed by atoms with van der Waals surface area (Å²) in [6.45, 7) is 9.45. The van der Waals surface area contributed by atoms with Gasteiger partial charge in [-0.25, -0.2) is 0 Å². The third-order valence-corrected chi connectivity index (χ3v) is 8.53. The Kier molecular flexibility index (Phi) is 4.36. The van der Waals surface area contributed by atoms with Crippen LogP contribution in [0.2, 0.25) is 0 Å². The van der Waals surface area contributed by atoms with Gasteiger partial charge in [0.1, 0.15) is 11.1 Å². The average Bonchev–Trinajstić information content (AvgIpc) is 3.27. The van der Waals surface area contributed by atoms with E-state index in [0.717, 1.165) is 25.7 Å². The molecule has 6 nitrogen and oxygen atoms in total. The summed E-state index contributed by atoms with van der Waals surface area (Å²) in [5.74, 6) is 0.116. The van der Waals surface area contributed by atoms with E-state index in [1.165, 1.54) is 27.7 Å². The van der Waals surface area contributed by atoms with E-state index in [4.69, 9.17) is 5.73 Å². The molecule has 166 valence electrons. The van der Waals surface area contributed by atoms with Crippen LogP contribution in [-0.4, -0.2) is 50.3 Å². The second-order valence-corrected chi connectivity index (χ2v) is 10.2. The molecule has 31 heavy (non-hydrogen) atoms. The number of nitrogens with two attached hydrogens (primary N) is 1. The van der Waals surface area contributed by atoms with Crippen LogP contribution in [0.15, 0.2) is 18.2 Å². The van der Waals surface area contributed by atoms with E-state index in [1.807, 2.05) is 23.6 Å². The summed E-state index contributed by atoms with van der Waals surface area (Å²) in [4.78, 5) is 32.0. The lowest BCUT2D eigenvalue weighted by Crippen LogP contribution is -2.76. The number of benzene rings is 1. The number of carbonyl (C=O) groups is 2. The third-order valence-electron chi connectivity index (χ3n) is 8.53. The van der Waals surface area contributed by atoms with Gasteiger partial charge in [0.05, 0.1) is 6.04 Å². The molecule has 4 atom stereocenters. The highest BCUT2D eigenvalue weighted by atomic mass is 16.2. The molecule has 3 aliphatic rings. The van der Waals surface area contributed by atoms with Crippen molar-refractivity contribution in [3.8, 4) is 0 Å². The number of aryl methyl sites for hydroxylation is 2. The molecule has 5 rings (SSSR count). The van der Waals surface area contributed by atoms with Gasteiger partial charge in [-0.1, -0.05) is 19.1 Å². The zero-order valence-corrected chi connectivity index (χ0v) is 19.4. The molecule has 0 spiro atoms. The Hall–Kier alpha value is -2.34. The smallest absolute Gasteiger partial charge is 0.249 e. The maximum Gasteiger partial charge on any atom is 0.249 e. The first-order valence-electron chi connectivity index (χ1n) is 11.6. The lowest BCUT2D eigenvalue weighted by molar-refractivity contribution is -0.182. The van der Waals surface area contributed by atoms with Crippen LogP contribution in [-0.2, 0) is 16.6 Å². The van der Waals surface area contributed by atoms with Crippen molar-refractivity contribution in [3.05, 3.63) is 35.0 Å². The van der Waals surface area contributed by atoms with Gasteiger partial charge in [-0.3, -0.25) is 9.59 Å². The normalized spacial score (nSPS) is 32.5. The van der Waals surface area contributed by atoms with Crippen molar-refractivity contribution in [2.45, 2.75) is 76.4 Å². The predicted molar refractivity (Wildman–Crippen MR) is 122 cm³/mol. The molecule has 2 fully saturated rings. The molecule has 0 aliphatic carbocycles. The predicted octanol–water partition coefficient (Wildman–Crippen LogP) is 3.37. The zero-order valence-electron chi connectivity index (χ0n) is 19.4. The maximum atomic E-state index is 14.1. The Morgan fingerprint density at radius 3 is 2.65 bits per heavy atom. The van der Waals surface area contributed by atoms with Gasteiger partial charge in [0.25, 0.3) is 0 Å².